The molecule has 17 heavy (non-hydrogen) atoms. The Morgan fingerprint density at radius 3 is 2.47 bits per heavy atom. The van der Waals surface area contributed by atoms with Gasteiger partial charge in [-0.05, 0) is 45.1 Å². The van der Waals surface area contributed by atoms with E-state index < -0.39 is 0 Å². The summed E-state index contributed by atoms with van der Waals surface area (Å²) in [6, 6.07) is 1.55. The molecule has 0 radical (unpaired) electrons. The Kier molecular flexibility index (Phi) is 6.26. The lowest BCUT2D eigenvalue weighted by atomic mass is 10.1. The van der Waals surface area contributed by atoms with Crippen LogP contribution in [-0.4, -0.2) is 24.0 Å². The molecule has 1 saturated carbocycles. The van der Waals surface area contributed by atoms with E-state index in [1.54, 1.807) is 0 Å². The van der Waals surface area contributed by atoms with E-state index in [4.69, 9.17) is 0 Å². The molecule has 1 aliphatic rings. The van der Waals surface area contributed by atoms with E-state index in [9.17, 15) is 0 Å². The number of rotatable bonds is 8. The fourth-order valence-electron chi connectivity index (χ4n) is 2.61. The van der Waals surface area contributed by atoms with Crippen molar-refractivity contribution in [3.8, 4) is 0 Å². The average Bonchev–Trinajstić information content (AvgIpc) is 3.07. The average molecular weight is 237 g/mol. The van der Waals surface area contributed by atoms with Crippen LogP contribution in [0.3, 0.4) is 0 Å². The summed E-state index contributed by atoms with van der Waals surface area (Å²) in [6.45, 7) is 9.32. The van der Waals surface area contributed by atoms with Crippen molar-refractivity contribution in [2.24, 2.45) is 11.8 Å². The first kappa shape index (κ1) is 14.8. The minimum absolute atomic E-state index is 0.696. The van der Waals surface area contributed by atoms with Crippen LogP contribution in [0.15, 0.2) is 12.2 Å². The second kappa shape index (κ2) is 7.20. The largest absolute Gasteiger partial charge is 0.300 e. The second-order valence-electron chi connectivity index (χ2n) is 6.07. The molecule has 3 atom stereocenters. The van der Waals surface area contributed by atoms with Gasteiger partial charge >= 0.3 is 0 Å². The Hall–Kier alpha value is -0.300. The van der Waals surface area contributed by atoms with Crippen LogP contribution in [0.4, 0.5) is 0 Å². The molecule has 0 amide bonds. The number of allylic oxidation sites excluding steroid dienone is 1. The van der Waals surface area contributed by atoms with Crippen molar-refractivity contribution in [3.63, 3.8) is 0 Å². The van der Waals surface area contributed by atoms with Gasteiger partial charge in [0.1, 0.15) is 0 Å². The van der Waals surface area contributed by atoms with Crippen molar-refractivity contribution in [1.82, 2.24) is 4.90 Å². The van der Waals surface area contributed by atoms with E-state index >= 15 is 0 Å². The fraction of sp³-hybridized carbons (Fsp3) is 0.875. The first-order chi connectivity index (χ1) is 8.07. The van der Waals surface area contributed by atoms with Crippen molar-refractivity contribution in [1.29, 1.82) is 0 Å². The summed E-state index contributed by atoms with van der Waals surface area (Å²) in [5, 5.41) is 0. The number of hydrogen-bond acceptors (Lipinski definition) is 1. The Morgan fingerprint density at radius 2 is 1.94 bits per heavy atom. The molecule has 0 aromatic carbocycles. The van der Waals surface area contributed by atoms with Crippen LogP contribution < -0.4 is 0 Å². The summed E-state index contributed by atoms with van der Waals surface area (Å²) < 4.78 is 0. The van der Waals surface area contributed by atoms with Crippen LogP contribution in [0.5, 0.6) is 0 Å². The maximum Gasteiger partial charge on any atom is 0.0130 e. The molecule has 1 aliphatic carbocycles. The van der Waals surface area contributed by atoms with Gasteiger partial charge in [-0.2, -0.15) is 0 Å². The van der Waals surface area contributed by atoms with Gasteiger partial charge in [0, 0.05) is 12.1 Å². The normalized spacial score (nSPS) is 26.1. The highest BCUT2D eigenvalue weighted by Gasteiger charge is 2.42. The summed E-state index contributed by atoms with van der Waals surface area (Å²) in [5.41, 5.74) is 0. The Balaban J connectivity index is 2.19. The van der Waals surface area contributed by atoms with E-state index in [0.717, 1.165) is 17.9 Å². The molecule has 0 N–H and O–H groups in total. The van der Waals surface area contributed by atoms with Crippen LogP contribution in [0, 0.1) is 11.8 Å². The molecule has 0 aromatic heterocycles. The third-order valence-electron chi connectivity index (χ3n) is 4.25. The van der Waals surface area contributed by atoms with Gasteiger partial charge in [0.05, 0.1) is 0 Å². The van der Waals surface area contributed by atoms with E-state index in [0.29, 0.717) is 6.04 Å². The van der Waals surface area contributed by atoms with Crippen LogP contribution in [0.2, 0.25) is 0 Å². The first-order valence-electron chi connectivity index (χ1n) is 7.44. The monoisotopic (exact) mass is 237 g/mol. The maximum absolute atomic E-state index is 2.59. The van der Waals surface area contributed by atoms with Gasteiger partial charge in [0.2, 0.25) is 0 Å². The summed E-state index contributed by atoms with van der Waals surface area (Å²) in [6.07, 6.45) is 11.3. The minimum atomic E-state index is 0.696. The van der Waals surface area contributed by atoms with Crippen molar-refractivity contribution in [3.05, 3.63) is 12.2 Å². The predicted octanol–water partition coefficient (Wildman–Crippen LogP) is 4.49. The van der Waals surface area contributed by atoms with E-state index in [1.807, 2.05) is 0 Å². The van der Waals surface area contributed by atoms with Gasteiger partial charge in [0.15, 0.2) is 0 Å². The molecule has 0 aliphatic heterocycles. The number of unbranched alkanes of at least 4 members (excludes halogenated alkanes) is 2. The van der Waals surface area contributed by atoms with Crippen LogP contribution in [-0.2, 0) is 0 Å². The number of nitrogens with zero attached hydrogens (tertiary/aromatic N) is 1. The van der Waals surface area contributed by atoms with Crippen molar-refractivity contribution in [2.75, 3.05) is 7.05 Å². The topological polar surface area (TPSA) is 3.24 Å². The highest BCUT2D eigenvalue weighted by Crippen LogP contribution is 2.41. The van der Waals surface area contributed by atoms with Crippen molar-refractivity contribution < 1.29 is 0 Å². The van der Waals surface area contributed by atoms with E-state index in [1.165, 1.54) is 32.1 Å². The van der Waals surface area contributed by atoms with E-state index in [2.05, 4.69) is 51.8 Å². The van der Waals surface area contributed by atoms with Gasteiger partial charge < -0.3 is 4.90 Å². The molecular weight excluding hydrogens is 206 g/mol. The lowest BCUT2D eigenvalue weighted by Gasteiger charge is -2.24. The quantitative estimate of drug-likeness (QED) is 0.444. The van der Waals surface area contributed by atoms with Crippen LogP contribution in [0.25, 0.3) is 0 Å². The van der Waals surface area contributed by atoms with Gasteiger partial charge in [-0.3, -0.25) is 0 Å². The van der Waals surface area contributed by atoms with Gasteiger partial charge in [0.25, 0.3) is 0 Å². The highest BCUT2D eigenvalue weighted by atomic mass is 15.2. The fourth-order valence-corrected chi connectivity index (χ4v) is 2.61. The summed E-state index contributed by atoms with van der Waals surface area (Å²) >= 11 is 0. The molecule has 1 heteroatoms. The van der Waals surface area contributed by atoms with E-state index in [-0.39, 0.29) is 0 Å². The smallest absolute Gasteiger partial charge is 0.0130 e. The summed E-state index contributed by atoms with van der Waals surface area (Å²) in [4.78, 5) is 2.59. The maximum atomic E-state index is 2.59. The van der Waals surface area contributed by atoms with Crippen molar-refractivity contribution in [2.45, 2.75) is 71.9 Å². The Bertz CT molecular complexity index is 232. The Morgan fingerprint density at radius 1 is 1.24 bits per heavy atom. The molecule has 0 aromatic rings. The second-order valence-corrected chi connectivity index (χ2v) is 6.07. The molecule has 100 valence electrons. The van der Waals surface area contributed by atoms with Gasteiger partial charge in [-0.25, -0.2) is 0 Å². The molecule has 1 nitrogen and oxygen atoms in total. The third-order valence-corrected chi connectivity index (χ3v) is 4.25. The molecule has 1 rings (SSSR count). The molecule has 3 unspecified atom stereocenters. The standard InChI is InChI=1S/C16H31N/c1-6-7-8-9-10-11-14(4)17(5)16-12-15(16)13(2)3/h9-10,13-16H,6-8,11-12H2,1-5H3/b10-9+. The number of hydrogen-bond donors (Lipinski definition) is 0. The molecule has 1 fully saturated rings. The molecule has 0 saturated heterocycles. The highest BCUT2D eigenvalue weighted by molar-refractivity contribution is 4.98. The first-order valence-corrected chi connectivity index (χ1v) is 7.44. The zero-order valence-corrected chi connectivity index (χ0v) is 12.4. The van der Waals surface area contributed by atoms with Crippen molar-refractivity contribution >= 4 is 0 Å². The SMILES string of the molecule is CCCC/C=C/CC(C)N(C)C1CC1C(C)C. The van der Waals surface area contributed by atoms with Gasteiger partial charge in [-0.15, -0.1) is 0 Å². The molecule has 0 bridgehead atoms. The minimum Gasteiger partial charge on any atom is -0.300 e. The lowest BCUT2D eigenvalue weighted by molar-refractivity contribution is 0.229. The van der Waals surface area contributed by atoms with Crippen LogP contribution >= 0.6 is 0 Å². The Labute approximate surface area is 108 Å². The van der Waals surface area contributed by atoms with Gasteiger partial charge in [-0.1, -0.05) is 45.8 Å². The zero-order chi connectivity index (χ0) is 12.8. The zero-order valence-electron chi connectivity index (χ0n) is 12.4. The molecule has 0 heterocycles. The summed E-state index contributed by atoms with van der Waals surface area (Å²) in [7, 11) is 2.30. The van der Waals surface area contributed by atoms with Crippen LogP contribution in [0.1, 0.15) is 59.8 Å². The predicted molar refractivity (Wildman–Crippen MR) is 77.2 cm³/mol. The molecule has 0 spiro atoms. The molecular formula is C16H31N. The lowest BCUT2D eigenvalue weighted by Crippen LogP contribution is -2.32. The summed E-state index contributed by atoms with van der Waals surface area (Å²) in [5.74, 6) is 1.81. The third kappa shape index (κ3) is 4.83.